The number of phosphoric ester groups is 1. The first-order chi connectivity index (χ1) is 34.0. The van der Waals surface area contributed by atoms with Crippen molar-refractivity contribution in [3.8, 4) is 0 Å². The average molecular weight is 995 g/mol. The smallest absolute Gasteiger partial charge is 0.462 e. The van der Waals surface area contributed by atoms with E-state index >= 15 is 0 Å². The summed E-state index contributed by atoms with van der Waals surface area (Å²) >= 11 is 0. The highest BCUT2D eigenvalue weighted by Crippen LogP contribution is 2.43. The highest BCUT2D eigenvalue weighted by atomic mass is 31.2. The first kappa shape index (κ1) is 66.4. The number of hydrogen-bond acceptors (Lipinski definition) is 7. The molecule has 0 saturated heterocycles. The van der Waals surface area contributed by atoms with Gasteiger partial charge in [-0.3, -0.25) is 18.6 Å². The Hall–Kier alpha value is -3.59. The summed E-state index contributed by atoms with van der Waals surface area (Å²) in [6, 6.07) is 0. The van der Waals surface area contributed by atoms with E-state index in [1.165, 1.54) is 38.5 Å². The molecular weight excluding hydrogens is 894 g/mol. The molecule has 0 aromatic carbocycles. The number of allylic oxidation sites excluding steroid dienone is 20. The molecule has 0 rings (SSSR count). The summed E-state index contributed by atoms with van der Waals surface area (Å²) in [4.78, 5) is 35.6. The Labute approximate surface area is 428 Å². The monoisotopic (exact) mass is 995 g/mol. The lowest BCUT2D eigenvalue weighted by molar-refractivity contribution is -0.870. The summed E-state index contributed by atoms with van der Waals surface area (Å²) < 4.78 is 34.5. The van der Waals surface area contributed by atoms with Crippen LogP contribution in [-0.4, -0.2) is 74.9 Å². The molecule has 2 unspecified atom stereocenters. The third-order valence-electron chi connectivity index (χ3n) is 11.0. The van der Waals surface area contributed by atoms with Crippen LogP contribution >= 0.6 is 7.82 Å². The van der Waals surface area contributed by atoms with E-state index in [4.69, 9.17) is 18.5 Å². The Bertz CT molecular complexity index is 1590. The summed E-state index contributed by atoms with van der Waals surface area (Å²) in [5, 5.41) is 0. The van der Waals surface area contributed by atoms with E-state index in [9.17, 15) is 19.0 Å². The summed E-state index contributed by atoms with van der Waals surface area (Å²) in [7, 11) is 1.42. The number of carbonyl (C=O) groups is 2. The van der Waals surface area contributed by atoms with Crippen molar-refractivity contribution < 1.29 is 42.1 Å². The van der Waals surface area contributed by atoms with Gasteiger partial charge in [0.25, 0.3) is 0 Å². The molecule has 0 bridgehead atoms. The summed E-state index contributed by atoms with van der Waals surface area (Å²) in [6.07, 6.45) is 71.1. The van der Waals surface area contributed by atoms with E-state index in [1.54, 1.807) is 0 Å². The van der Waals surface area contributed by atoms with E-state index in [0.717, 1.165) is 116 Å². The first-order valence-corrected chi connectivity index (χ1v) is 28.8. The number of likely N-dealkylation sites (N-methyl/N-ethyl adjacent to an activating group) is 1. The van der Waals surface area contributed by atoms with Crippen LogP contribution in [0, 0.1) is 0 Å². The predicted molar refractivity (Wildman–Crippen MR) is 297 cm³/mol. The second-order valence-corrected chi connectivity index (χ2v) is 20.3. The van der Waals surface area contributed by atoms with Crippen LogP contribution in [0.5, 0.6) is 0 Å². The highest BCUT2D eigenvalue weighted by molar-refractivity contribution is 7.47. The Balaban J connectivity index is 4.37. The van der Waals surface area contributed by atoms with Crippen LogP contribution in [0.15, 0.2) is 122 Å². The van der Waals surface area contributed by atoms with E-state index in [0.29, 0.717) is 23.9 Å². The van der Waals surface area contributed by atoms with Gasteiger partial charge in [-0.1, -0.05) is 193 Å². The molecule has 0 amide bonds. The number of esters is 2. The number of carbonyl (C=O) groups excluding carboxylic acids is 2. The van der Waals surface area contributed by atoms with Gasteiger partial charge >= 0.3 is 19.8 Å². The molecule has 0 aliphatic carbocycles. The highest BCUT2D eigenvalue weighted by Gasteiger charge is 2.27. The molecule has 9 nitrogen and oxygen atoms in total. The van der Waals surface area contributed by atoms with Crippen LogP contribution in [0.4, 0.5) is 0 Å². The zero-order chi connectivity index (χ0) is 51.3. The van der Waals surface area contributed by atoms with Gasteiger partial charge in [0.15, 0.2) is 6.10 Å². The lowest BCUT2D eigenvalue weighted by Gasteiger charge is -2.24. The van der Waals surface area contributed by atoms with Crippen molar-refractivity contribution in [2.45, 2.75) is 200 Å². The Morgan fingerprint density at radius 1 is 0.457 bits per heavy atom. The normalized spacial score (nSPS) is 14.3. The van der Waals surface area contributed by atoms with Crippen LogP contribution in [0.2, 0.25) is 0 Å². The fourth-order valence-electron chi connectivity index (χ4n) is 6.76. The van der Waals surface area contributed by atoms with Gasteiger partial charge in [-0.2, -0.15) is 0 Å². The van der Waals surface area contributed by atoms with Gasteiger partial charge in [0.2, 0.25) is 0 Å². The molecule has 0 aliphatic rings. The molecule has 0 fully saturated rings. The molecule has 398 valence electrons. The molecule has 1 N–H and O–H groups in total. The van der Waals surface area contributed by atoms with Crippen molar-refractivity contribution in [1.29, 1.82) is 0 Å². The maximum atomic E-state index is 12.8. The van der Waals surface area contributed by atoms with Crippen LogP contribution < -0.4 is 0 Å². The number of hydrogen-bond donors (Lipinski definition) is 1. The van der Waals surface area contributed by atoms with Gasteiger partial charge in [0.1, 0.15) is 19.8 Å². The van der Waals surface area contributed by atoms with Crippen molar-refractivity contribution in [2.75, 3.05) is 47.5 Å². The van der Waals surface area contributed by atoms with Crippen LogP contribution in [0.25, 0.3) is 0 Å². The minimum Gasteiger partial charge on any atom is -0.462 e. The van der Waals surface area contributed by atoms with E-state index in [2.05, 4.69) is 135 Å². The second-order valence-electron chi connectivity index (χ2n) is 18.9. The second kappa shape index (κ2) is 50.4. The molecule has 0 radical (unpaired) electrons. The molecule has 0 heterocycles. The predicted octanol–water partition coefficient (Wildman–Crippen LogP) is 16.8. The molecule has 70 heavy (non-hydrogen) atoms. The van der Waals surface area contributed by atoms with Crippen molar-refractivity contribution in [1.82, 2.24) is 0 Å². The maximum absolute atomic E-state index is 12.8. The SMILES string of the molecule is CC/C=C\C/C=C\C/C=C\C/C=C\C/C=C\C/C=C\C/C=C\CCCCCC(=O)OC(COC(=O)CCCCCCCC/C=C\C/C=C\C/C=C\CCCCCCC)COP(=O)(O)OCC[N+](C)(C)C. The molecule has 0 aromatic rings. The average Bonchev–Trinajstić information content (AvgIpc) is 3.32. The maximum Gasteiger partial charge on any atom is 0.472 e. The Morgan fingerprint density at radius 2 is 0.814 bits per heavy atom. The van der Waals surface area contributed by atoms with Crippen molar-refractivity contribution >= 4 is 19.8 Å². The van der Waals surface area contributed by atoms with Gasteiger partial charge in [-0.25, -0.2) is 4.57 Å². The number of phosphoric acid groups is 1. The lowest BCUT2D eigenvalue weighted by atomic mass is 10.1. The van der Waals surface area contributed by atoms with E-state index in [1.807, 2.05) is 21.1 Å². The fourth-order valence-corrected chi connectivity index (χ4v) is 7.51. The quantitative estimate of drug-likeness (QED) is 0.0211. The minimum atomic E-state index is -4.41. The molecule has 10 heteroatoms. The lowest BCUT2D eigenvalue weighted by Crippen LogP contribution is -2.37. The molecule has 0 spiro atoms. The Kier molecular flexibility index (Phi) is 47.8. The van der Waals surface area contributed by atoms with Gasteiger partial charge in [0, 0.05) is 12.8 Å². The molecule has 0 saturated carbocycles. The molecular formula is C60H101NO8P+. The van der Waals surface area contributed by atoms with E-state index < -0.39 is 32.5 Å². The topological polar surface area (TPSA) is 108 Å². The fraction of sp³-hybridized carbons (Fsp3) is 0.633. The van der Waals surface area contributed by atoms with Gasteiger partial charge in [-0.05, 0) is 109 Å². The van der Waals surface area contributed by atoms with Crippen molar-refractivity contribution in [3.63, 3.8) is 0 Å². The zero-order valence-electron chi connectivity index (χ0n) is 45.0. The number of rotatable bonds is 48. The number of nitrogens with zero attached hydrogens (tertiary/aromatic N) is 1. The molecule has 0 aliphatic heterocycles. The zero-order valence-corrected chi connectivity index (χ0v) is 45.8. The van der Waals surface area contributed by atoms with Gasteiger partial charge in [0.05, 0.1) is 27.7 Å². The summed E-state index contributed by atoms with van der Waals surface area (Å²) in [5.41, 5.74) is 0. The van der Waals surface area contributed by atoms with Crippen LogP contribution in [0.1, 0.15) is 194 Å². The molecule has 0 aromatic heterocycles. The van der Waals surface area contributed by atoms with Gasteiger partial charge in [-0.15, -0.1) is 0 Å². The number of ether oxygens (including phenoxy) is 2. The van der Waals surface area contributed by atoms with Crippen molar-refractivity contribution in [3.05, 3.63) is 122 Å². The summed E-state index contributed by atoms with van der Waals surface area (Å²) in [6.45, 7) is 4.23. The Morgan fingerprint density at radius 3 is 1.23 bits per heavy atom. The minimum absolute atomic E-state index is 0.0150. The standard InChI is InChI=1S/C60H100NO8P/c1-6-8-10-12-14-16-18-20-22-24-26-28-29-30-31-33-35-37-39-41-43-45-47-49-51-53-60(63)69-58(57-68-70(64,65)67-55-54-61(3,4)5)56-66-59(62)52-50-48-46-44-42-40-38-36-34-32-27-25-23-21-19-17-15-13-11-9-7-2/h8,10,14,16,19-22,25-28,30-31,34-37,41,43,58H,6-7,9,11-13,15,17-18,23-24,29,32-33,38-40,42,44-57H2,1-5H3/p+1/b10-8-,16-14-,21-19-,22-20-,27-25-,28-26-,31-30-,36-34-,37-35-,43-41-. The van der Waals surface area contributed by atoms with Crippen LogP contribution in [-0.2, 0) is 32.7 Å². The first-order valence-electron chi connectivity index (χ1n) is 27.3. The van der Waals surface area contributed by atoms with Crippen molar-refractivity contribution in [2.24, 2.45) is 0 Å². The van der Waals surface area contributed by atoms with E-state index in [-0.39, 0.29) is 26.1 Å². The third-order valence-corrected chi connectivity index (χ3v) is 12.0. The van der Waals surface area contributed by atoms with Gasteiger partial charge < -0.3 is 18.9 Å². The third kappa shape index (κ3) is 53.8. The van der Waals surface area contributed by atoms with Crippen LogP contribution in [0.3, 0.4) is 0 Å². The largest absolute Gasteiger partial charge is 0.472 e. The molecule has 2 atom stereocenters. The summed E-state index contributed by atoms with van der Waals surface area (Å²) in [5.74, 6) is -0.861. The number of quaternary nitrogens is 1. The number of unbranched alkanes of at least 4 members (excludes halogenated alkanes) is 14.